The molecule has 8 heteroatoms. The lowest BCUT2D eigenvalue weighted by atomic mass is 10.1. The first-order valence-corrected chi connectivity index (χ1v) is 14.1. The Morgan fingerprint density at radius 2 is 1.66 bits per heavy atom. The molecule has 2 aromatic carbocycles. The lowest BCUT2D eigenvalue weighted by Gasteiger charge is -2.31. The van der Waals surface area contributed by atoms with Gasteiger partial charge >= 0.3 is 0 Å². The smallest absolute Gasteiger partial charge is 0.242 e. The van der Waals surface area contributed by atoms with E-state index >= 15 is 0 Å². The molecule has 35 heavy (non-hydrogen) atoms. The van der Waals surface area contributed by atoms with Crippen LogP contribution in [0.3, 0.4) is 0 Å². The van der Waals surface area contributed by atoms with Gasteiger partial charge in [-0.3, -0.25) is 13.9 Å². The number of hydrogen-bond donors (Lipinski definition) is 1. The zero-order valence-corrected chi connectivity index (χ0v) is 22.4. The average molecular weight is 502 g/mol. The van der Waals surface area contributed by atoms with Crippen molar-refractivity contribution < 1.29 is 18.0 Å². The second kappa shape index (κ2) is 13.3. The van der Waals surface area contributed by atoms with Crippen LogP contribution in [0.4, 0.5) is 5.69 Å². The number of hydrogen-bond acceptors (Lipinski definition) is 4. The number of benzene rings is 2. The summed E-state index contributed by atoms with van der Waals surface area (Å²) in [5, 5.41) is 2.84. The molecule has 192 valence electrons. The molecule has 0 unspecified atom stereocenters. The zero-order valence-electron chi connectivity index (χ0n) is 21.6. The van der Waals surface area contributed by atoms with Crippen molar-refractivity contribution in [3.05, 3.63) is 65.2 Å². The van der Waals surface area contributed by atoms with Crippen LogP contribution in [0.5, 0.6) is 0 Å². The maximum atomic E-state index is 13.3. The standard InChI is InChI=1S/C27H39N3O4S/c1-6-25(27(32)28-7-2)29(19-17-23-12-9-8-10-13-23)26(31)14-11-18-30(35(5,33)34)24-16-15-21(3)22(4)20-24/h8-10,12-13,15-16,20,25H,6-7,11,14,17-19H2,1-5H3,(H,28,32)/t25-/m0/s1. The van der Waals surface area contributed by atoms with E-state index in [2.05, 4.69) is 5.32 Å². The number of amides is 2. The highest BCUT2D eigenvalue weighted by Crippen LogP contribution is 2.22. The first-order chi connectivity index (χ1) is 16.6. The van der Waals surface area contributed by atoms with Gasteiger partial charge in [-0.15, -0.1) is 0 Å². The first kappa shape index (κ1) is 28.4. The second-order valence-corrected chi connectivity index (χ2v) is 10.8. The Morgan fingerprint density at radius 3 is 2.23 bits per heavy atom. The molecule has 0 spiro atoms. The molecule has 2 aromatic rings. The summed E-state index contributed by atoms with van der Waals surface area (Å²) in [6.07, 6.45) is 2.83. The Morgan fingerprint density at radius 1 is 0.971 bits per heavy atom. The van der Waals surface area contributed by atoms with E-state index in [1.165, 1.54) is 10.6 Å². The quantitative estimate of drug-likeness (QED) is 0.452. The van der Waals surface area contributed by atoms with Gasteiger partial charge in [0, 0.05) is 26.1 Å². The van der Waals surface area contributed by atoms with E-state index in [1.807, 2.05) is 70.2 Å². The van der Waals surface area contributed by atoms with Crippen molar-refractivity contribution in [1.82, 2.24) is 10.2 Å². The summed E-state index contributed by atoms with van der Waals surface area (Å²) >= 11 is 0. The van der Waals surface area contributed by atoms with Crippen molar-refractivity contribution in [2.24, 2.45) is 0 Å². The molecule has 1 atom stereocenters. The van der Waals surface area contributed by atoms with Gasteiger partial charge in [-0.2, -0.15) is 0 Å². The maximum absolute atomic E-state index is 13.3. The monoisotopic (exact) mass is 501 g/mol. The molecule has 0 bridgehead atoms. The zero-order chi connectivity index (χ0) is 26.0. The maximum Gasteiger partial charge on any atom is 0.242 e. The normalized spacial score (nSPS) is 12.1. The largest absolute Gasteiger partial charge is 0.355 e. The fraction of sp³-hybridized carbons (Fsp3) is 0.481. The highest BCUT2D eigenvalue weighted by molar-refractivity contribution is 7.92. The van der Waals surface area contributed by atoms with Gasteiger partial charge in [0.2, 0.25) is 21.8 Å². The van der Waals surface area contributed by atoms with Crippen molar-refractivity contribution in [3.63, 3.8) is 0 Å². The van der Waals surface area contributed by atoms with Crippen LogP contribution in [-0.2, 0) is 26.0 Å². The van der Waals surface area contributed by atoms with Crippen molar-refractivity contribution in [2.75, 3.05) is 30.2 Å². The Bertz CT molecular complexity index is 1090. The summed E-state index contributed by atoms with van der Waals surface area (Å²) in [4.78, 5) is 27.7. The summed E-state index contributed by atoms with van der Waals surface area (Å²) in [5.41, 5.74) is 3.78. The van der Waals surface area contributed by atoms with E-state index in [0.29, 0.717) is 38.0 Å². The molecule has 1 N–H and O–H groups in total. The number of rotatable bonds is 13. The Balaban J connectivity index is 2.15. The van der Waals surface area contributed by atoms with Gasteiger partial charge in [0.05, 0.1) is 11.9 Å². The second-order valence-electron chi connectivity index (χ2n) is 8.85. The van der Waals surface area contributed by atoms with Gasteiger partial charge < -0.3 is 10.2 Å². The molecule has 0 fully saturated rings. The van der Waals surface area contributed by atoms with Crippen LogP contribution < -0.4 is 9.62 Å². The Hall–Kier alpha value is -2.87. The number of carbonyl (C=O) groups excluding carboxylic acids is 2. The van der Waals surface area contributed by atoms with Gasteiger partial charge in [-0.1, -0.05) is 43.3 Å². The molecule has 0 saturated carbocycles. The number of aryl methyl sites for hydroxylation is 2. The topological polar surface area (TPSA) is 86.8 Å². The van der Waals surface area contributed by atoms with Crippen LogP contribution in [0.25, 0.3) is 0 Å². The van der Waals surface area contributed by atoms with Crippen LogP contribution in [0.1, 0.15) is 49.8 Å². The summed E-state index contributed by atoms with van der Waals surface area (Å²) in [5.74, 6) is -0.308. The molecule has 2 amide bonds. The third-order valence-electron chi connectivity index (χ3n) is 6.15. The van der Waals surface area contributed by atoms with Crippen molar-refractivity contribution >= 4 is 27.5 Å². The third kappa shape index (κ3) is 8.38. The predicted octanol–water partition coefficient (Wildman–Crippen LogP) is 3.84. The fourth-order valence-electron chi connectivity index (χ4n) is 4.07. The molecule has 0 aliphatic rings. The van der Waals surface area contributed by atoms with E-state index in [9.17, 15) is 18.0 Å². The van der Waals surface area contributed by atoms with Crippen LogP contribution in [0.2, 0.25) is 0 Å². The van der Waals surface area contributed by atoms with Crippen molar-refractivity contribution in [3.8, 4) is 0 Å². The van der Waals surface area contributed by atoms with Crippen LogP contribution >= 0.6 is 0 Å². The number of anilines is 1. The lowest BCUT2D eigenvalue weighted by molar-refractivity contribution is -0.140. The molecular formula is C27H39N3O4S. The minimum absolute atomic E-state index is 0.146. The fourth-order valence-corrected chi connectivity index (χ4v) is 5.03. The van der Waals surface area contributed by atoms with E-state index in [4.69, 9.17) is 0 Å². The molecule has 0 aromatic heterocycles. The van der Waals surface area contributed by atoms with E-state index in [-0.39, 0.29) is 24.8 Å². The molecule has 0 saturated heterocycles. The molecule has 0 radical (unpaired) electrons. The summed E-state index contributed by atoms with van der Waals surface area (Å²) in [6.45, 7) is 8.78. The third-order valence-corrected chi connectivity index (χ3v) is 7.35. The highest BCUT2D eigenvalue weighted by atomic mass is 32.2. The highest BCUT2D eigenvalue weighted by Gasteiger charge is 2.28. The molecule has 7 nitrogen and oxygen atoms in total. The minimum Gasteiger partial charge on any atom is -0.355 e. The first-order valence-electron chi connectivity index (χ1n) is 12.2. The number of sulfonamides is 1. The van der Waals surface area contributed by atoms with Crippen LogP contribution in [0.15, 0.2) is 48.5 Å². The minimum atomic E-state index is -3.51. The van der Waals surface area contributed by atoms with Crippen molar-refractivity contribution in [2.45, 2.75) is 59.4 Å². The molecular weight excluding hydrogens is 462 g/mol. The number of carbonyl (C=O) groups is 2. The molecule has 2 rings (SSSR count). The predicted molar refractivity (Wildman–Crippen MR) is 142 cm³/mol. The van der Waals surface area contributed by atoms with Crippen LogP contribution in [0, 0.1) is 13.8 Å². The number of likely N-dealkylation sites (N-methyl/N-ethyl adjacent to an activating group) is 1. The molecule has 0 heterocycles. The Labute approximate surface area is 210 Å². The van der Waals surface area contributed by atoms with E-state index < -0.39 is 16.1 Å². The van der Waals surface area contributed by atoms with Crippen LogP contribution in [-0.4, -0.2) is 57.1 Å². The van der Waals surface area contributed by atoms with Gasteiger partial charge in [-0.05, 0) is 68.9 Å². The Kier molecular flexibility index (Phi) is 10.8. The van der Waals surface area contributed by atoms with Gasteiger partial charge in [-0.25, -0.2) is 8.42 Å². The van der Waals surface area contributed by atoms with E-state index in [0.717, 1.165) is 16.7 Å². The SMILES string of the molecule is CCNC(=O)[C@H](CC)N(CCc1ccccc1)C(=O)CCCN(c1ccc(C)c(C)c1)S(C)(=O)=O. The summed E-state index contributed by atoms with van der Waals surface area (Å²) in [7, 11) is -3.51. The van der Waals surface area contributed by atoms with E-state index in [1.54, 1.807) is 11.0 Å². The summed E-state index contributed by atoms with van der Waals surface area (Å²) in [6, 6.07) is 14.8. The van der Waals surface area contributed by atoms with Gasteiger partial charge in [0.25, 0.3) is 0 Å². The van der Waals surface area contributed by atoms with Gasteiger partial charge in [0.1, 0.15) is 6.04 Å². The number of nitrogens with zero attached hydrogens (tertiary/aromatic N) is 2. The lowest BCUT2D eigenvalue weighted by Crippen LogP contribution is -2.50. The van der Waals surface area contributed by atoms with Gasteiger partial charge in [0.15, 0.2) is 0 Å². The average Bonchev–Trinajstić information content (AvgIpc) is 2.81. The molecule has 0 aliphatic carbocycles. The summed E-state index contributed by atoms with van der Waals surface area (Å²) < 4.78 is 26.3. The molecule has 0 aliphatic heterocycles. The number of nitrogens with one attached hydrogen (secondary N) is 1. The van der Waals surface area contributed by atoms with Crippen molar-refractivity contribution in [1.29, 1.82) is 0 Å².